The highest BCUT2D eigenvalue weighted by Gasteiger charge is 2.55. The van der Waals surface area contributed by atoms with Crippen molar-refractivity contribution in [1.29, 1.82) is 0 Å². The molecule has 3 aliphatic heterocycles. The second-order valence-corrected chi connectivity index (χ2v) is 24.8. The average Bonchev–Trinajstić information content (AvgIpc) is 0.839. The van der Waals surface area contributed by atoms with Gasteiger partial charge in [0.15, 0.2) is 36.2 Å². The van der Waals surface area contributed by atoms with E-state index in [0.29, 0.717) is 74.2 Å². The van der Waals surface area contributed by atoms with Gasteiger partial charge in [0, 0.05) is 117 Å². The minimum Gasteiger partial charge on any atom is -0.507 e. The van der Waals surface area contributed by atoms with Crippen molar-refractivity contribution in [3.05, 3.63) is 86.7 Å². The Morgan fingerprint density at radius 1 is 0.819 bits per heavy atom. The maximum absolute atomic E-state index is 14.3. The molecule has 10 atom stereocenters. The fourth-order valence-corrected chi connectivity index (χ4v) is 13.5. The van der Waals surface area contributed by atoms with Crippen LogP contribution in [0.1, 0.15) is 142 Å². The van der Waals surface area contributed by atoms with Crippen molar-refractivity contribution >= 4 is 89.5 Å². The highest BCUT2D eigenvalue weighted by atomic mass is 79.9. The summed E-state index contributed by atoms with van der Waals surface area (Å²) < 4.78 is 58.3. The number of aliphatic hydroxyl groups is 1. The number of phenols is 2. The van der Waals surface area contributed by atoms with Crippen molar-refractivity contribution < 1.29 is 101 Å². The van der Waals surface area contributed by atoms with E-state index in [1.165, 1.54) is 39.3 Å². The van der Waals surface area contributed by atoms with Crippen LogP contribution in [-0.2, 0) is 83.7 Å². The lowest BCUT2D eigenvalue weighted by atomic mass is 9.72. The number of carbonyl (C=O) groups is 8. The number of nitrogens with one attached hydrogen (secondary N) is 2. The third kappa shape index (κ3) is 16.7. The summed E-state index contributed by atoms with van der Waals surface area (Å²) in [6, 6.07) is 8.35. The second kappa shape index (κ2) is 33.1. The number of nitrogens with two attached hydrogens (primary N) is 1. The predicted octanol–water partition coefficient (Wildman–Crippen LogP) is 4.42. The number of halogens is 2. The molecule has 29 heteroatoms. The lowest BCUT2D eigenvalue weighted by molar-refractivity contribution is -0.256. The van der Waals surface area contributed by atoms with E-state index in [0.717, 1.165) is 16.9 Å². The Morgan fingerprint density at radius 2 is 1.50 bits per heavy atom. The fraction of sp³-hybridized carbons (Fsp3) is 0.569. The molecule has 3 aromatic carbocycles. The third-order valence-corrected chi connectivity index (χ3v) is 18.4. The van der Waals surface area contributed by atoms with Gasteiger partial charge in [-0.2, -0.15) is 0 Å². The van der Waals surface area contributed by atoms with E-state index in [2.05, 4.69) is 57.4 Å². The highest BCUT2D eigenvalue weighted by Crippen LogP contribution is 2.53. The number of alkyl halides is 2. The van der Waals surface area contributed by atoms with E-state index in [1.54, 1.807) is 19.1 Å². The Hall–Kier alpha value is -6.32. The van der Waals surface area contributed by atoms with Gasteiger partial charge in [-0.15, -0.1) is 0 Å². The number of amides is 3. The maximum Gasteiger partial charge on any atom is 0.252 e. The number of hydrogen-bond acceptors (Lipinski definition) is 24. The number of aromatic hydroxyl groups is 2. The van der Waals surface area contributed by atoms with Crippen LogP contribution in [0.15, 0.2) is 36.4 Å². The number of phenolic OH excluding ortho intramolecular Hbond substituents is 2. The van der Waals surface area contributed by atoms with Gasteiger partial charge in [0.05, 0.1) is 123 Å². The van der Waals surface area contributed by atoms with Crippen LogP contribution in [0.25, 0.3) is 11.0 Å². The number of carbonyl (C=O) groups excluding carboxylic acids is 8. The molecule has 3 amide bonds. The van der Waals surface area contributed by atoms with Crippen LogP contribution in [0, 0.1) is 5.92 Å². The molecular formula is C65H80Br2N6O21. The van der Waals surface area contributed by atoms with Crippen LogP contribution in [0.3, 0.4) is 0 Å². The number of benzene rings is 3. The van der Waals surface area contributed by atoms with E-state index in [4.69, 9.17) is 53.1 Å². The Kier molecular flexibility index (Phi) is 25.3. The number of ketones is 5. The number of Topliss-reactive ketones (excluding diaryl/α,β-unsaturated/α-hetero) is 3. The van der Waals surface area contributed by atoms with Gasteiger partial charge in [0.25, 0.3) is 5.91 Å². The molecule has 7 N–H and O–H groups in total. The molecule has 9 rings (SSSR count). The van der Waals surface area contributed by atoms with Crippen LogP contribution in [-0.4, -0.2) is 212 Å². The topological polar surface area (TPSA) is 369 Å². The quantitative estimate of drug-likeness (QED) is 0.0141. The second-order valence-electron chi connectivity index (χ2n) is 23.7. The third-order valence-electron chi connectivity index (χ3n) is 17.4. The Bertz CT molecular complexity index is 3470. The van der Waals surface area contributed by atoms with E-state index in [1.807, 2.05) is 6.07 Å². The van der Waals surface area contributed by atoms with Gasteiger partial charge in [-0.1, -0.05) is 44.0 Å². The lowest BCUT2D eigenvalue weighted by Gasteiger charge is -2.43. The van der Waals surface area contributed by atoms with E-state index >= 15 is 0 Å². The number of morpholine rings is 1. The first kappa shape index (κ1) is 72.0. The molecule has 4 aromatic rings. The number of rotatable bonds is 35. The minimum absolute atomic E-state index is 0.00505. The number of fused-ring (bicyclic) bond motifs is 7. The Labute approximate surface area is 559 Å². The lowest BCUT2D eigenvalue weighted by Crippen LogP contribution is -2.55. The summed E-state index contributed by atoms with van der Waals surface area (Å²) in [5.74, 6) is -7.50. The standard InChI is InChI=1S/C65H80Br2N6O21/c1-34(70-61(82)37(28-50(68)77)26-38(74)14-18-88-21-23-90-25-24-89-22-20-87-17-7-10-47(76)36-12-13-41-42(27-36)72-44(33-67)43(32-66)71-41)46(75)9-6-15-69-64(83)65(84)30-40-53(59(81)55-54(57(40)79)56(78)39-8-5-11-48(85-3)52(39)58(55)80)49(31-65)93-51-29-45-60(35(2)92-51)94-62-63(86-4)91-19-16-73(45)62/h5,8,11-13,27,34-35,37,45,49,51,60,62-63,79,81,84H,6-7,9-10,14-26,28-33H2,1-4H3,(H2,68,77)(H,69,83)(H,70,82)/t34-,35-,37-,45-,49-,51-,60+,62+,63-,65-/m0/s1. The highest BCUT2D eigenvalue weighted by molar-refractivity contribution is 9.09. The van der Waals surface area contributed by atoms with Crippen molar-refractivity contribution in [3.8, 4) is 17.2 Å². The van der Waals surface area contributed by atoms with E-state index in [-0.39, 0.29) is 111 Å². The summed E-state index contributed by atoms with van der Waals surface area (Å²) in [6.45, 7) is 6.03. The zero-order valence-electron chi connectivity index (χ0n) is 52.8. The molecule has 4 heterocycles. The molecule has 2 aliphatic carbocycles. The summed E-state index contributed by atoms with van der Waals surface area (Å²) in [5, 5.41) is 43.0. The molecule has 0 unspecified atom stereocenters. The molecule has 1 aromatic heterocycles. The first-order valence-corrected chi connectivity index (χ1v) is 33.6. The van der Waals surface area contributed by atoms with Crippen molar-refractivity contribution in [2.75, 3.05) is 86.8 Å². The zero-order valence-corrected chi connectivity index (χ0v) is 56.0. The van der Waals surface area contributed by atoms with Crippen molar-refractivity contribution in [2.24, 2.45) is 11.7 Å². The number of hydrogen-bond donors (Lipinski definition) is 6. The number of aromatic nitrogens is 2. The normalized spacial score (nSPS) is 22.9. The zero-order chi connectivity index (χ0) is 67.4. The van der Waals surface area contributed by atoms with Gasteiger partial charge < -0.3 is 79.1 Å². The van der Waals surface area contributed by atoms with Crippen molar-refractivity contribution in [1.82, 2.24) is 25.5 Å². The maximum atomic E-state index is 14.3. The van der Waals surface area contributed by atoms with Crippen LogP contribution < -0.4 is 21.1 Å². The van der Waals surface area contributed by atoms with E-state index in [9.17, 15) is 53.7 Å². The van der Waals surface area contributed by atoms with Gasteiger partial charge in [-0.3, -0.25) is 43.3 Å². The number of ether oxygens (including phenoxy) is 10. The molecular weight excluding hydrogens is 1360 g/mol. The molecule has 510 valence electrons. The molecule has 3 saturated heterocycles. The summed E-state index contributed by atoms with van der Waals surface area (Å²) in [6.07, 6.45) is -5.80. The first-order chi connectivity index (χ1) is 45.2. The van der Waals surface area contributed by atoms with E-state index < -0.39 is 132 Å². The fourth-order valence-electron chi connectivity index (χ4n) is 12.6. The molecule has 94 heavy (non-hydrogen) atoms. The van der Waals surface area contributed by atoms with Gasteiger partial charge in [0.2, 0.25) is 17.6 Å². The number of methoxy groups -OCH3 is 2. The molecule has 27 nitrogen and oxygen atoms in total. The van der Waals surface area contributed by atoms with Gasteiger partial charge >= 0.3 is 0 Å². The molecule has 0 bridgehead atoms. The van der Waals surface area contributed by atoms with Crippen molar-refractivity contribution in [3.63, 3.8) is 0 Å². The largest absolute Gasteiger partial charge is 0.507 e. The molecule has 0 saturated carbocycles. The minimum atomic E-state index is -2.38. The summed E-state index contributed by atoms with van der Waals surface area (Å²) >= 11 is 6.88. The Morgan fingerprint density at radius 3 is 2.18 bits per heavy atom. The summed E-state index contributed by atoms with van der Waals surface area (Å²) in [5.41, 5.74) is 5.11. The van der Waals surface area contributed by atoms with Crippen LogP contribution >= 0.6 is 31.9 Å². The Balaban J connectivity index is 0.693. The van der Waals surface area contributed by atoms with Crippen LogP contribution in [0.5, 0.6) is 17.2 Å². The molecule has 3 fully saturated rings. The smallest absolute Gasteiger partial charge is 0.252 e. The first-order valence-electron chi connectivity index (χ1n) is 31.3. The summed E-state index contributed by atoms with van der Waals surface area (Å²) in [7, 11) is 2.83. The van der Waals surface area contributed by atoms with Gasteiger partial charge in [-0.25, -0.2) is 9.97 Å². The average molecular weight is 1440 g/mol. The summed E-state index contributed by atoms with van der Waals surface area (Å²) in [4.78, 5) is 119. The van der Waals surface area contributed by atoms with Gasteiger partial charge in [-0.05, 0) is 51.0 Å². The SMILES string of the molecule is COc1cccc2c1C(=O)c1c(O)c3c(c(O)c1C2=O)C[C@@](O)(C(=O)NCCCC(=O)[C@H](C)NC(=O)[C@H](CC(N)=O)CC(=O)CCOCCOCCOCCOCCCC(=O)c1ccc2nc(CBr)c(CBr)nc2c1)C[C@@H]3O[C@H]1C[C@H]2[C@H](O[C@@H]3[C@@H](OC)OCCN32)[C@H](C)O1. The van der Waals surface area contributed by atoms with Gasteiger partial charge in [0.1, 0.15) is 34.7 Å². The molecule has 0 spiro atoms. The van der Waals surface area contributed by atoms with Crippen molar-refractivity contribution in [2.45, 2.75) is 144 Å². The predicted molar refractivity (Wildman–Crippen MR) is 340 cm³/mol. The van der Waals surface area contributed by atoms with Crippen LogP contribution in [0.2, 0.25) is 0 Å². The van der Waals surface area contributed by atoms with Crippen LogP contribution in [0.4, 0.5) is 0 Å². The number of primary amides is 1. The monoisotopic (exact) mass is 1440 g/mol. The molecule has 5 aliphatic rings. The molecule has 0 radical (unpaired) electrons. The number of nitrogens with zero attached hydrogens (tertiary/aromatic N) is 3.